The molecule has 1 aliphatic heterocycles. The van der Waals surface area contributed by atoms with Crippen molar-refractivity contribution in [2.75, 3.05) is 6.61 Å². The molecule has 1 saturated heterocycles. The van der Waals surface area contributed by atoms with E-state index < -0.39 is 47.7 Å². The summed E-state index contributed by atoms with van der Waals surface area (Å²) in [6.45, 7) is -0.805. The molecule has 0 bridgehead atoms. The van der Waals surface area contributed by atoms with Gasteiger partial charge in [0.2, 0.25) is 0 Å². The van der Waals surface area contributed by atoms with E-state index >= 15 is 0 Å². The molecule has 0 amide bonds. The van der Waals surface area contributed by atoms with Crippen molar-refractivity contribution in [2.45, 2.75) is 30.7 Å². The maximum absolute atomic E-state index is 10.2. The Kier molecular flexibility index (Phi) is 4.20. The van der Waals surface area contributed by atoms with Crippen LogP contribution in [-0.4, -0.2) is 70.7 Å². The second-order valence-corrected chi connectivity index (χ2v) is 4.34. The van der Waals surface area contributed by atoms with E-state index in [9.17, 15) is 18.6 Å². The minimum atomic E-state index is -4.71. The van der Waals surface area contributed by atoms with Crippen LogP contribution in [0.15, 0.2) is 0 Å². The predicted octanol–water partition coefficient (Wildman–Crippen LogP) is -3.39. The van der Waals surface area contributed by atoms with E-state index in [-0.39, 0.29) is 0 Å². The molecule has 10 heteroatoms. The molecule has 0 aromatic heterocycles. The van der Waals surface area contributed by atoms with Gasteiger partial charge in [0.15, 0.2) is 6.29 Å². The summed E-state index contributed by atoms with van der Waals surface area (Å²) in [4.78, 5) is 0. The Morgan fingerprint density at radius 2 is 1.62 bits per heavy atom. The Balaban J connectivity index is 2.61. The lowest BCUT2D eigenvalue weighted by molar-refractivity contribution is -0.285. The first-order valence-corrected chi connectivity index (χ1v) is 5.58. The number of hydrogen-bond donors (Lipinski definition) is 5. The van der Waals surface area contributed by atoms with Crippen molar-refractivity contribution in [1.29, 1.82) is 0 Å². The molecule has 0 aromatic carbocycles. The summed E-state index contributed by atoms with van der Waals surface area (Å²) in [6, 6.07) is 0. The summed E-state index contributed by atoms with van der Waals surface area (Å²) >= 11 is 0. The Labute approximate surface area is 90.8 Å². The van der Waals surface area contributed by atoms with E-state index in [0.717, 1.165) is 0 Å². The van der Waals surface area contributed by atoms with E-state index in [4.69, 9.17) is 14.8 Å². The maximum atomic E-state index is 10.2. The van der Waals surface area contributed by atoms with Gasteiger partial charge in [0.1, 0.15) is 24.4 Å². The van der Waals surface area contributed by atoms with Crippen LogP contribution in [0.1, 0.15) is 0 Å². The zero-order chi connectivity index (χ0) is 12.5. The van der Waals surface area contributed by atoms with Crippen LogP contribution in [0.3, 0.4) is 0 Å². The lowest BCUT2D eigenvalue weighted by atomic mass is 10.00. The van der Waals surface area contributed by atoms with Gasteiger partial charge >= 0.3 is 10.4 Å². The summed E-state index contributed by atoms with van der Waals surface area (Å²) in [7, 11) is -4.71. The molecule has 1 heterocycles. The summed E-state index contributed by atoms with van der Waals surface area (Å²) in [5.41, 5.74) is 0. The third-order valence-electron chi connectivity index (χ3n) is 2.07. The van der Waals surface area contributed by atoms with Crippen LogP contribution in [0.4, 0.5) is 0 Å². The molecule has 0 spiro atoms. The van der Waals surface area contributed by atoms with Crippen molar-refractivity contribution in [3.8, 4) is 0 Å². The van der Waals surface area contributed by atoms with Gasteiger partial charge < -0.3 is 25.2 Å². The molecule has 5 N–H and O–H groups in total. The largest absolute Gasteiger partial charge is 0.397 e. The first-order valence-electron chi connectivity index (χ1n) is 4.22. The second kappa shape index (κ2) is 4.89. The van der Waals surface area contributed by atoms with Crippen molar-refractivity contribution >= 4 is 10.4 Å². The molecule has 1 rings (SSSR count). The molecule has 16 heavy (non-hydrogen) atoms. The van der Waals surface area contributed by atoms with Crippen LogP contribution in [-0.2, 0) is 19.3 Å². The molecule has 9 nitrogen and oxygen atoms in total. The first-order chi connectivity index (χ1) is 7.22. The SMILES string of the molecule is O=S(=O)(O)OC[C@H]1O[C@@H](O)[C@H](O)[C@@H](O)[C@H]1O. The standard InChI is InChI=1S/C6H12O9S/c7-3-2(1-14-16(11,12)13)15-6(10)5(9)4(3)8/h2-10H,1H2,(H,11,12,13)/t2-,3+,4+,5-,6-/m1/s1. The Hall–Kier alpha value is -0.330. The average molecular weight is 260 g/mol. The van der Waals surface area contributed by atoms with Crippen LogP contribution < -0.4 is 0 Å². The highest BCUT2D eigenvalue weighted by Crippen LogP contribution is 2.20. The van der Waals surface area contributed by atoms with Gasteiger partial charge in [-0.25, -0.2) is 4.18 Å². The third-order valence-corrected chi connectivity index (χ3v) is 2.50. The first kappa shape index (κ1) is 13.7. The van der Waals surface area contributed by atoms with Crippen LogP contribution in [0.5, 0.6) is 0 Å². The number of hydrogen-bond acceptors (Lipinski definition) is 8. The molecule has 0 aromatic rings. The molecule has 96 valence electrons. The molecule has 1 fully saturated rings. The van der Waals surface area contributed by atoms with Gasteiger partial charge in [-0.1, -0.05) is 0 Å². The van der Waals surface area contributed by atoms with E-state index in [1.165, 1.54) is 0 Å². The van der Waals surface area contributed by atoms with Gasteiger partial charge in [-0.2, -0.15) is 8.42 Å². The van der Waals surface area contributed by atoms with E-state index in [1.54, 1.807) is 0 Å². The van der Waals surface area contributed by atoms with Crippen molar-refractivity contribution in [3.05, 3.63) is 0 Å². The minimum absolute atomic E-state index is 0.805. The quantitative estimate of drug-likeness (QED) is 0.327. The van der Waals surface area contributed by atoms with Gasteiger partial charge in [-0.15, -0.1) is 0 Å². The molecule has 5 atom stereocenters. The average Bonchev–Trinajstić information content (AvgIpc) is 2.17. The van der Waals surface area contributed by atoms with Crippen molar-refractivity contribution in [2.24, 2.45) is 0 Å². The second-order valence-electron chi connectivity index (χ2n) is 3.25. The fraction of sp³-hybridized carbons (Fsp3) is 1.00. The summed E-state index contributed by atoms with van der Waals surface area (Å²) in [6.07, 6.45) is -8.25. The van der Waals surface area contributed by atoms with E-state index in [1.807, 2.05) is 0 Å². The molecule has 0 unspecified atom stereocenters. The third kappa shape index (κ3) is 3.33. The normalized spacial score (nSPS) is 40.9. The smallest absolute Gasteiger partial charge is 0.387 e. The number of aliphatic hydroxyl groups excluding tert-OH is 4. The summed E-state index contributed by atoms with van der Waals surface area (Å²) in [5.74, 6) is 0. The lowest BCUT2D eigenvalue weighted by Gasteiger charge is -2.37. The predicted molar refractivity (Wildman–Crippen MR) is 46.4 cm³/mol. The van der Waals surface area contributed by atoms with Gasteiger partial charge in [-0.05, 0) is 0 Å². The molecular weight excluding hydrogens is 248 g/mol. The fourth-order valence-corrected chi connectivity index (χ4v) is 1.53. The Morgan fingerprint density at radius 3 is 2.12 bits per heavy atom. The Bertz CT molecular complexity index is 327. The monoisotopic (exact) mass is 260 g/mol. The van der Waals surface area contributed by atoms with Crippen molar-refractivity contribution in [3.63, 3.8) is 0 Å². The van der Waals surface area contributed by atoms with Crippen LogP contribution in [0.2, 0.25) is 0 Å². The Morgan fingerprint density at radius 1 is 1.06 bits per heavy atom. The van der Waals surface area contributed by atoms with Crippen LogP contribution in [0, 0.1) is 0 Å². The van der Waals surface area contributed by atoms with Crippen molar-refractivity contribution in [1.82, 2.24) is 0 Å². The molecule has 0 saturated carbocycles. The molecule has 0 radical (unpaired) electrons. The van der Waals surface area contributed by atoms with Gasteiger partial charge in [-0.3, -0.25) is 4.55 Å². The molecule has 0 aliphatic carbocycles. The zero-order valence-electron chi connectivity index (χ0n) is 7.87. The molecule has 1 aliphatic rings. The minimum Gasteiger partial charge on any atom is -0.387 e. The van der Waals surface area contributed by atoms with E-state index in [2.05, 4.69) is 8.92 Å². The van der Waals surface area contributed by atoms with E-state index in [0.29, 0.717) is 0 Å². The summed E-state index contributed by atoms with van der Waals surface area (Å²) < 4.78 is 37.2. The van der Waals surface area contributed by atoms with Gasteiger partial charge in [0.25, 0.3) is 0 Å². The molecular formula is C6H12O9S. The van der Waals surface area contributed by atoms with Gasteiger partial charge in [0, 0.05) is 0 Å². The highest BCUT2D eigenvalue weighted by Gasteiger charge is 2.43. The topological polar surface area (TPSA) is 154 Å². The van der Waals surface area contributed by atoms with Crippen LogP contribution >= 0.6 is 0 Å². The number of ether oxygens (including phenoxy) is 1. The zero-order valence-corrected chi connectivity index (χ0v) is 8.69. The van der Waals surface area contributed by atoms with Crippen LogP contribution in [0.25, 0.3) is 0 Å². The fourth-order valence-electron chi connectivity index (χ4n) is 1.22. The summed E-state index contributed by atoms with van der Waals surface area (Å²) in [5, 5.41) is 36.7. The number of aliphatic hydroxyl groups is 4. The van der Waals surface area contributed by atoms with Crippen molar-refractivity contribution < 1.29 is 42.3 Å². The lowest BCUT2D eigenvalue weighted by Crippen LogP contribution is -2.58. The number of rotatable bonds is 3. The van der Waals surface area contributed by atoms with Gasteiger partial charge in [0.05, 0.1) is 6.61 Å². The highest BCUT2D eigenvalue weighted by atomic mass is 32.3. The maximum Gasteiger partial charge on any atom is 0.397 e. The highest BCUT2D eigenvalue weighted by molar-refractivity contribution is 7.80.